The summed E-state index contributed by atoms with van der Waals surface area (Å²) in [5, 5.41) is 9.82. The van der Waals surface area contributed by atoms with Crippen molar-refractivity contribution in [1.82, 2.24) is 0 Å². The van der Waals surface area contributed by atoms with Crippen molar-refractivity contribution in [1.29, 1.82) is 0 Å². The third kappa shape index (κ3) is 4.02. The van der Waals surface area contributed by atoms with Crippen LogP contribution in [0.15, 0.2) is 12.1 Å². The molecule has 2 heteroatoms. The van der Waals surface area contributed by atoms with E-state index >= 15 is 0 Å². The Morgan fingerprint density at radius 2 is 1.89 bits per heavy atom. The highest BCUT2D eigenvalue weighted by Gasteiger charge is 2.15. The predicted molar refractivity (Wildman–Crippen MR) is 76.4 cm³/mol. The van der Waals surface area contributed by atoms with E-state index in [9.17, 15) is 5.11 Å². The second-order valence-corrected chi connectivity index (χ2v) is 5.99. The lowest BCUT2D eigenvalue weighted by molar-refractivity contribution is 0.0713. The molecule has 0 bridgehead atoms. The molecule has 0 atom stereocenters. The second kappa shape index (κ2) is 5.75. The number of methoxy groups -OCH3 is 1. The summed E-state index contributed by atoms with van der Waals surface area (Å²) in [6.07, 6.45) is 1.68. The number of hydrogen-bond acceptors (Lipinski definition) is 2. The zero-order chi connectivity index (χ0) is 13.9. The highest BCUT2D eigenvalue weighted by molar-refractivity contribution is 5.44. The molecular formula is C16H26O2. The average molecular weight is 250 g/mol. The molecule has 0 amide bonds. The molecule has 0 aliphatic heterocycles. The van der Waals surface area contributed by atoms with Gasteiger partial charge in [0.1, 0.15) is 5.75 Å². The maximum atomic E-state index is 9.82. The Hall–Kier alpha value is -1.02. The molecular weight excluding hydrogens is 224 g/mol. The first-order valence-corrected chi connectivity index (χ1v) is 6.64. The molecule has 1 rings (SSSR count). The maximum absolute atomic E-state index is 9.82. The molecule has 0 heterocycles. The highest BCUT2D eigenvalue weighted by atomic mass is 16.5. The predicted octanol–water partition coefficient (Wildman–Crippen LogP) is 3.83. The highest BCUT2D eigenvalue weighted by Crippen LogP contribution is 2.30. The first-order chi connectivity index (χ1) is 8.24. The number of rotatable bonds is 5. The number of aryl methyl sites for hydroxylation is 2. The number of hydrogen-bond donors (Lipinski definition) is 1. The van der Waals surface area contributed by atoms with Crippen molar-refractivity contribution in [3.63, 3.8) is 0 Å². The lowest BCUT2D eigenvalue weighted by Gasteiger charge is -2.20. The van der Waals surface area contributed by atoms with E-state index in [1.54, 1.807) is 7.11 Å². The van der Waals surface area contributed by atoms with E-state index < -0.39 is 5.60 Å². The molecule has 18 heavy (non-hydrogen) atoms. The molecule has 0 saturated carbocycles. The van der Waals surface area contributed by atoms with Crippen LogP contribution in [0, 0.1) is 6.92 Å². The van der Waals surface area contributed by atoms with Gasteiger partial charge in [0.2, 0.25) is 0 Å². The SMILES string of the molecule is COc1cc(C)c(CCC(C)(C)O)cc1C(C)C. The van der Waals surface area contributed by atoms with Gasteiger partial charge >= 0.3 is 0 Å². The van der Waals surface area contributed by atoms with Crippen molar-refractivity contribution < 1.29 is 9.84 Å². The zero-order valence-electron chi connectivity index (χ0n) is 12.5. The van der Waals surface area contributed by atoms with Crippen molar-refractivity contribution in [3.05, 3.63) is 28.8 Å². The number of ether oxygens (including phenoxy) is 1. The van der Waals surface area contributed by atoms with Crippen LogP contribution in [0.25, 0.3) is 0 Å². The minimum Gasteiger partial charge on any atom is -0.496 e. The van der Waals surface area contributed by atoms with Crippen molar-refractivity contribution in [2.24, 2.45) is 0 Å². The topological polar surface area (TPSA) is 29.5 Å². The summed E-state index contributed by atoms with van der Waals surface area (Å²) >= 11 is 0. The van der Waals surface area contributed by atoms with Gasteiger partial charge in [0.25, 0.3) is 0 Å². The Bertz CT molecular complexity index is 400. The molecule has 0 saturated heterocycles. The van der Waals surface area contributed by atoms with Crippen LogP contribution in [0.4, 0.5) is 0 Å². The zero-order valence-corrected chi connectivity index (χ0v) is 12.5. The molecule has 102 valence electrons. The van der Waals surface area contributed by atoms with E-state index in [1.165, 1.54) is 16.7 Å². The Morgan fingerprint density at radius 1 is 1.28 bits per heavy atom. The largest absolute Gasteiger partial charge is 0.496 e. The van der Waals surface area contributed by atoms with E-state index in [1.807, 2.05) is 13.8 Å². The van der Waals surface area contributed by atoms with Gasteiger partial charge in [-0.05, 0) is 62.3 Å². The van der Waals surface area contributed by atoms with Crippen LogP contribution < -0.4 is 4.74 Å². The summed E-state index contributed by atoms with van der Waals surface area (Å²) in [6.45, 7) is 10.2. The summed E-state index contributed by atoms with van der Waals surface area (Å²) < 4.78 is 5.44. The quantitative estimate of drug-likeness (QED) is 0.860. The van der Waals surface area contributed by atoms with Crippen LogP contribution in [0.1, 0.15) is 56.7 Å². The van der Waals surface area contributed by atoms with Crippen LogP contribution in [0.3, 0.4) is 0 Å². The lowest BCUT2D eigenvalue weighted by Crippen LogP contribution is -2.19. The van der Waals surface area contributed by atoms with Crippen LogP contribution in [0.5, 0.6) is 5.75 Å². The van der Waals surface area contributed by atoms with Crippen molar-refractivity contribution >= 4 is 0 Å². The Labute approximate surface area is 111 Å². The van der Waals surface area contributed by atoms with Gasteiger partial charge in [-0.1, -0.05) is 19.9 Å². The van der Waals surface area contributed by atoms with Gasteiger partial charge in [0.15, 0.2) is 0 Å². The molecule has 1 aromatic carbocycles. The van der Waals surface area contributed by atoms with E-state index in [-0.39, 0.29) is 0 Å². The van der Waals surface area contributed by atoms with Gasteiger partial charge < -0.3 is 9.84 Å². The van der Waals surface area contributed by atoms with Crippen LogP contribution in [0.2, 0.25) is 0 Å². The molecule has 1 aromatic rings. The fourth-order valence-corrected chi connectivity index (χ4v) is 2.08. The van der Waals surface area contributed by atoms with E-state index in [2.05, 4.69) is 32.9 Å². The summed E-state index contributed by atoms with van der Waals surface area (Å²) in [7, 11) is 1.72. The van der Waals surface area contributed by atoms with Gasteiger partial charge in [0.05, 0.1) is 12.7 Å². The van der Waals surface area contributed by atoms with Crippen LogP contribution >= 0.6 is 0 Å². The first-order valence-electron chi connectivity index (χ1n) is 6.64. The average Bonchev–Trinajstić information content (AvgIpc) is 2.25. The van der Waals surface area contributed by atoms with Gasteiger partial charge in [-0.2, -0.15) is 0 Å². The second-order valence-electron chi connectivity index (χ2n) is 5.99. The molecule has 0 fully saturated rings. The standard InChI is InChI=1S/C16H26O2/c1-11(2)14-10-13(7-8-16(4,5)17)12(3)9-15(14)18-6/h9-11,17H,7-8H2,1-6H3. The van der Waals surface area contributed by atoms with E-state index in [0.717, 1.165) is 18.6 Å². The first kappa shape index (κ1) is 15.0. The third-order valence-electron chi connectivity index (χ3n) is 3.32. The van der Waals surface area contributed by atoms with Crippen molar-refractivity contribution in [3.8, 4) is 5.75 Å². The van der Waals surface area contributed by atoms with Gasteiger partial charge in [0, 0.05) is 0 Å². The summed E-state index contributed by atoms with van der Waals surface area (Å²) in [6, 6.07) is 4.33. The molecule has 0 spiro atoms. The normalized spacial score (nSPS) is 12.0. The molecule has 0 aliphatic rings. The fraction of sp³-hybridized carbons (Fsp3) is 0.625. The smallest absolute Gasteiger partial charge is 0.122 e. The summed E-state index contributed by atoms with van der Waals surface area (Å²) in [5.41, 5.74) is 3.18. The molecule has 0 aromatic heterocycles. The lowest BCUT2D eigenvalue weighted by atomic mass is 9.92. The minimum absolute atomic E-state index is 0.446. The summed E-state index contributed by atoms with van der Waals surface area (Å²) in [5.74, 6) is 1.41. The van der Waals surface area contributed by atoms with Crippen LogP contribution in [-0.2, 0) is 6.42 Å². The Kier molecular flexibility index (Phi) is 4.80. The minimum atomic E-state index is -0.607. The molecule has 0 radical (unpaired) electrons. The van der Waals surface area contributed by atoms with Crippen molar-refractivity contribution in [2.45, 2.75) is 59.0 Å². The Morgan fingerprint density at radius 3 is 2.33 bits per heavy atom. The maximum Gasteiger partial charge on any atom is 0.122 e. The van der Waals surface area contributed by atoms with E-state index in [0.29, 0.717) is 5.92 Å². The molecule has 1 N–H and O–H groups in total. The van der Waals surface area contributed by atoms with Crippen molar-refractivity contribution in [2.75, 3.05) is 7.11 Å². The van der Waals surface area contributed by atoms with Gasteiger partial charge in [-0.15, -0.1) is 0 Å². The fourth-order valence-electron chi connectivity index (χ4n) is 2.08. The van der Waals surface area contributed by atoms with E-state index in [4.69, 9.17) is 4.74 Å². The molecule has 0 aliphatic carbocycles. The molecule has 2 nitrogen and oxygen atoms in total. The number of benzene rings is 1. The van der Waals surface area contributed by atoms with Gasteiger partial charge in [-0.3, -0.25) is 0 Å². The third-order valence-corrected chi connectivity index (χ3v) is 3.32. The Balaban J connectivity index is 3.02. The monoisotopic (exact) mass is 250 g/mol. The number of aliphatic hydroxyl groups is 1. The van der Waals surface area contributed by atoms with Gasteiger partial charge in [-0.25, -0.2) is 0 Å². The van der Waals surface area contributed by atoms with Crippen LogP contribution in [-0.4, -0.2) is 17.8 Å². The molecule has 0 unspecified atom stereocenters. The summed E-state index contributed by atoms with van der Waals surface area (Å²) in [4.78, 5) is 0.